The second kappa shape index (κ2) is 3.91. The van der Waals surface area contributed by atoms with Crippen molar-refractivity contribution < 1.29 is 4.52 Å². The standard InChI is InChI=1S/C12H10N6O/c1-2-4-8-7(3-1)5-9(14-8)12-15-11(17-19-12)10-6-13-18-16-10/h1-4,6,9,14H,5H2,(H,13,16,18). The van der Waals surface area contributed by atoms with Gasteiger partial charge in [-0.15, -0.1) is 0 Å². The van der Waals surface area contributed by atoms with E-state index in [1.165, 1.54) is 5.56 Å². The van der Waals surface area contributed by atoms with Gasteiger partial charge in [0, 0.05) is 12.1 Å². The maximum atomic E-state index is 5.30. The minimum absolute atomic E-state index is 0.0190. The van der Waals surface area contributed by atoms with Crippen molar-refractivity contribution in [3.05, 3.63) is 41.9 Å². The van der Waals surface area contributed by atoms with Crippen LogP contribution >= 0.6 is 0 Å². The first kappa shape index (κ1) is 10.2. The molecule has 3 heterocycles. The molecule has 0 radical (unpaired) electrons. The molecule has 0 fully saturated rings. The van der Waals surface area contributed by atoms with Crippen LogP contribution in [-0.4, -0.2) is 25.6 Å². The van der Waals surface area contributed by atoms with E-state index in [0.717, 1.165) is 12.1 Å². The van der Waals surface area contributed by atoms with Gasteiger partial charge >= 0.3 is 0 Å². The van der Waals surface area contributed by atoms with Gasteiger partial charge in [0.2, 0.25) is 11.7 Å². The number of benzene rings is 1. The topological polar surface area (TPSA) is 92.5 Å². The smallest absolute Gasteiger partial charge is 0.249 e. The Morgan fingerprint density at radius 1 is 1.26 bits per heavy atom. The number of aromatic amines is 1. The van der Waals surface area contributed by atoms with Gasteiger partial charge in [-0.05, 0) is 11.6 Å². The minimum Gasteiger partial charge on any atom is -0.373 e. The van der Waals surface area contributed by atoms with E-state index in [1.54, 1.807) is 6.20 Å². The summed E-state index contributed by atoms with van der Waals surface area (Å²) in [7, 11) is 0. The molecule has 0 saturated carbocycles. The highest BCUT2D eigenvalue weighted by Gasteiger charge is 2.26. The van der Waals surface area contributed by atoms with Crippen molar-refractivity contribution in [2.24, 2.45) is 0 Å². The number of fused-ring (bicyclic) bond motifs is 1. The SMILES string of the molecule is c1ccc2c(c1)CC(c1nc(-c3cn[nH]n3)no1)N2. The summed E-state index contributed by atoms with van der Waals surface area (Å²) < 4.78 is 5.30. The van der Waals surface area contributed by atoms with E-state index in [4.69, 9.17) is 4.52 Å². The highest BCUT2D eigenvalue weighted by atomic mass is 16.5. The molecule has 1 unspecified atom stereocenters. The lowest BCUT2D eigenvalue weighted by Gasteiger charge is -2.04. The first-order chi connectivity index (χ1) is 9.40. The van der Waals surface area contributed by atoms with Gasteiger partial charge in [0.05, 0.1) is 6.20 Å². The zero-order chi connectivity index (χ0) is 12.7. The molecule has 1 aromatic carbocycles. The number of aromatic nitrogens is 5. The largest absolute Gasteiger partial charge is 0.373 e. The molecule has 0 amide bonds. The van der Waals surface area contributed by atoms with Crippen LogP contribution in [0.3, 0.4) is 0 Å². The molecule has 19 heavy (non-hydrogen) atoms. The third-order valence-electron chi connectivity index (χ3n) is 3.16. The Hall–Kier alpha value is -2.70. The van der Waals surface area contributed by atoms with Crippen molar-refractivity contribution >= 4 is 5.69 Å². The summed E-state index contributed by atoms with van der Waals surface area (Å²) in [6.07, 6.45) is 2.40. The van der Waals surface area contributed by atoms with Gasteiger partial charge in [0.25, 0.3) is 0 Å². The molecule has 2 aromatic heterocycles. The first-order valence-electron chi connectivity index (χ1n) is 5.94. The Balaban J connectivity index is 1.62. The number of para-hydroxylation sites is 1. The highest BCUT2D eigenvalue weighted by Crippen LogP contribution is 2.33. The molecule has 1 atom stereocenters. The van der Waals surface area contributed by atoms with Crippen LogP contribution in [0.1, 0.15) is 17.5 Å². The highest BCUT2D eigenvalue weighted by molar-refractivity contribution is 5.57. The molecule has 7 heteroatoms. The van der Waals surface area contributed by atoms with E-state index in [-0.39, 0.29) is 6.04 Å². The second-order valence-electron chi connectivity index (χ2n) is 4.37. The van der Waals surface area contributed by atoms with Gasteiger partial charge in [-0.3, -0.25) is 0 Å². The first-order valence-corrected chi connectivity index (χ1v) is 5.94. The molecule has 1 aliphatic heterocycles. The zero-order valence-electron chi connectivity index (χ0n) is 9.87. The summed E-state index contributed by atoms with van der Waals surface area (Å²) in [5.74, 6) is 1.01. The van der Waals surface area contributed by atoms with E-state index in [9.17, 15) is 0 Å². The Kier molecular flexibility index (Phi) is 2.11. The maximum absolute atomic E-state index is 5.30. The lowest BCUT2D eigenvalue weighted by molar-refractivity contribution is 0.364. The molecule has 0 aliphatic carbocycles. The van der Waals surface area contributed by atoms with Gasteiger partial charge in [0.15, 0.2) is 5.69 Å². The van der Waals surface area contributed by atoms with Crippen molar-refractivity contribution in [3.8, 4) is 11.5 Å². The second-order valence-corrected chi connectivity index (χ2v) is 4.37. The Morgan fingerprint density at radius 2 is 2.21 bits per heavy atom. The average molecular weight is 254 g/mol. The quantitative estimate of drug-likeness (QED) is 0.721. The van der Waals surface area contributed by atoms with Gasteiger partial charge in [-0.1, -0.05) is 23.4 Å². The average Bonchev–Trinajstić information content (AvgIpc) is 3.17. The molecule has 0 spiro atoms. The fourth-order valence-electron chi connectivity index (χ4n) is 2.24. The number of rotatable bonds is 2. The predicted molar refractivity (Wildman–Crippen MR) is 66.2 cm³/mol. The van der Waals surface area contributed by atoms with E-state index < -0.39 is 0 Å². The summed E-state index contributed by atoms with van der Waals surface area (Å²) in [5, 5.41) is 17.5. The number of anilines is 1. The van der Waals surface area contributed by atoms with Crippen LogP contribution < -0.4 is 5.32 Å². The third kappa shape index (κ3) is 1.67. The summed E-state index contributed by atoms with van der Waals surface area (Å²) >= 11 is 0. The Bertz CT molecular complexity index is 680. The van der Waals surface area contributed by atoms with Crippen LogP contribution in [0.4, 0.5) is 5.69 Å². The van der Waals surface area contributed by atoms with E-state index in [0.29, 0.717) is 17.4 Å². The van der Waals surface area contributed by atoms with E-state index in [2.05, 4.69) is 36.9 Å². The lowest BCUT2D eigenvalue weighted by Crippen LogP contribution is -2.05. The molecule has 3 aromatic rings. The minimum atomic E-state index is 0.0190. The normalized spacial score (nSPS) is 17.2. The van der Waals surface area contributed by atoms with Gasteiger partial charge in [0.1, 0.15) is 6.04 Å². The molecule has 0 saturated heterocycles. The fourth-order valence-corrected chi connectivity index (χ4v) is 2.24. The summed E-state index contributed by atoms with van der Waals surface area (Å²) in [6, 6.07) is 8.19. The van der Waals surface area contributed by atoms with Gasteiger partial charge in [-0.2, -0.15) is 20.4 Å². The molecule has 94 valence electrons. The molecule has 4 rings (SSSR count). The van der Waals surface area contributed by atoms with Crippen LogP contribution in [0.15, 0.2) is 35.0 Å². The Morgan fingerprint density at radius 3 is 3.05 bits per heavy atom. The fraction of sp³-hybridized carbons (Fsp3) is 0.167. The number of hydrogen-bond acceptors (Lipinski definition) is 6. The summed E-state index contributed by atoms with van der Waals surface area (Å²) in [6.45, 7) is 0. The molecular weight excluding hydrogens is 244 g/mol. The van der Waals surface area contributed by atoms with Crippen molar-refractivity contribution in [2.45, 2.75) is 12.5 Å². The molecule has 7 nitrogen and oxygen atoms in total. The number of nitrogens with one attached hydrogen (secondary N) is 2. The molecular formula is C12H10N6O. The monoisotopic (exact) mass is 254 g/mol. The van der Waals surface area contributed by atoms with Crippen molar-refractivity contribution in [1.29, 1.82) is 0 Å². The van der Waals surface area contributed by atoms with Gasteiger partial charge in [-0.25, -0.2) is 0 Å². The van der Waals surface area contributed by atoms with E-state index >= 15 is 0 Å². The summed E-state index contributed by atoms with van der Waals surface area (Å²) in [4.78, 5) is 4.35. The van der Waals surface area contributed by atoms with E-state index in [1.807, 2.05) is 18.2 Å². The molecule has 0 bridgehead atoms. The number of nitrogens with zero attached hydrogens (tertiary/aromatic N) is 4. The van der Waals surface area contributed by atoms with Crippen molar-refractivity contribution in [2.75, 3.05) is 5.32 Å². The molecule has 1 aliphatic rings. The predicted octanol–water partition coefficient (Wildman–Crippen LogP) is 1.56. The van der Waals surface area contributed by atoms with Crippen LogP contribution in [0.5, 0.6) is 0 Å². The number of H-pyrrole nitrogens is 1. The van der Waals surface area contributed by atoms with Crippen molar-refractivity contribution in [3.63, 3.8) is 0 Å². The maximum Gasteiger partial charge on any atom is 0.249 e. The Labute approximate surface area is 108 Å². The van der Waals surface area contributed by atoms with Gasteiger partial charge < -0.3 is 9.84 Å². The van der Waals surface area contributed by atoms with Crippen molar-refractivity contribution in [1.82, 2.24) is 25.6 Å². The number of hydrogen-bond donors (Lipinski definition) is 2. The van der Waals surface area contributed by atoms with Crippen LogP contribution in [0.2, 0.25) is 0 Å². The van der Waals surface area contributed by atoms with Crippen LogP contribution in [0.25, 0.3) is 11.5 Å². The van der Waals surface area contributed by atoms with Crippen LogP contribution in [-0.2, 0) is 6.42 Å². The molecule has 2 N–H and O–H groups in total. The van der Waals surface area contributed by atoms with Crippen LogP contribution in [0, 0.1) is 0 Å². The summed E-state index contributed by atoms with van der Waals surface area (Å²) in [5.41, 5.74) is 2.95. The third-order valence-corrected chi connectivity index (χ3v) is 3.16. The lowest BCUT2D eigenvalue weighted by atomic mass is 10.1. The zero-order valence-corrected chi connectivity index (χ0v) is 9.87.